The minimum absolute atomic E-state index is 0.0318. The van der Waals surface area contributed by atoms with Gasteiger partial charge in [-0.1, -0.05) is 6.07 Å². The maximum absolute atomic E-state index is 13.3. The summed E-state index contributed by atoms with van der Waals surface area (Å²) in [6.07, 6.45) is 3.13. The third-order valence-corrected chi connectivity index (χ3v) is 4.21. The number of pyridine rings is 1. The van der Waals surface area contributed by atoms with Crippen molar-refractivity contribution in [2.45, 2.75) is 25.5 Å². The minimum atomic E-state index is -0.830. The van der Waals surface area contributed by atoms with E-state index in [1.165, 1.54) is 18.3 Å². The van der Waals surface area contributed by atoms with Gasteiger partial charge in [0.15, 0.2) is 11.6 Å². The Balaban J connectivity index is 1.52. The number of likely N-dealkylation sites (tertiary alicyclic amines) is 1. The highest BCUT2D eigenvalue weighted by atomic mass is 19.2. The van der Waals surface area contributed by atoms with Gasteiger partial charge in [-0.3, -0.25) is 14.7 Å². The molecule has 1 aromatic carbocycles. The molecule has 0 unspecified atom stereocenters. The molecule has 2 heterocycles. The molecule has 132 valence electrons. The van der Waals surface area contributed by atoms with Gasteiger partial charge in [0.2, 0.25) is 0 Å². The number of nitrogens with zero attached hydrogens (tertiary/aromatic N) is 2. The van der Waals surface area contributed by atoms with E-state index in [-0.39, 0.29) is 11.8 Å². The van der Waals surface area contributed by atoms with Crippen LogP contribution in [0, 0.1) is 11.6 Å². The third kappa shape index (κ3) is 4.51. The summed E-state index contributed by atoms with van der Waals surface area (Å²) in [5, 5.41) is 0. The van der Waals surface area contributed by atoms with Crippen LogP contribution >= 0.6 is 0 Å². The van der Waals surface area contributed by atoms with Gasteiger partial charge in [-0.05, 0) is 36.6 Å². The van der Waals surface area contributed by atoms with Gasteiger partial charge in [-0.25, -0.2) is 8.78 Å². The second kappa shape index (κ2) is 7.57. The van der Waals surface area contributed by atoms with Crippen LogP contribution in [-0.2, 0) is 6.54 Å². The number of benzene rings is 1. The molecule has 0 spiro atoms. The summed E-state index contributed by atoms with van der Waals surface area (Å²) in [4.78, 5) is 17.2. The molecule has 1 aromatic heterocycles. The molecule has 3 rings (SSSR count). The Kier molecular flexibility index (Phi) is 5.23. The van der Waals surface area contributed by atoms with E-state index in [2.05, 4.69) is 9.88 Å². The smallest absolute Gasteiger partial charge is 0.267 e. The fraction of sp³-hybridized carbons (Fsp3) is 0.333. The lowest BCUT2D eigenvalue weighted by Crippen LogP contribution is -2.37. The van der Waals surface area contributed by atoms with Crippen LogP contribution in [0.1, 0.15) is 28.9 Å². The Bertz CT molecular complexity index is 762. The number of carbonyl (C=O) groups excluding carboxylic acids is 1. The molecule has 1 saturated heterocycles. The van der Waals surface area contributed by atoms with Gasteiger partial charge in [-0.2, -0.15) is 0 Å². The van der Waals surface area contributed by atoms with Crippen molar-refractivity contribution in [3.05, 3.63) is 59.4 Å². The fourth-order valence-electron chi connectivity index (χ4n) is 2.89. The van der Waals surface area contributed by atoms with Crippen molar-refractivity contribution < 1.29 is 18.3 Å². The van der Waals surface area contributed by atoms with E-state index >= 15 is 0 Å². The lowest BCUT2D eigenvalue weighted by atomic mass is 10.1. The van der Waals surface area contributed by atoms with Gasteiger partial charge >= 0.3 is 0 Å². The van der Waals surface area contributed by atoms with E-state index < -0.39 is 17.5 Å². The standard InChI is InChI=1S/C18H19F2N3O2/c19-15-2-1-12(9-16(15)20)11-23-7-4-13(5-8-23)25-14-3-6-22-17(10-14)18(21)24/h1-3,6,9-10,13H,4-5,7-8,11H2,(H2,21,24). The molecular formula is C18H19F2N3O2. The van der Waals surface area contributed by atoms with Gasteiger partial charge in [0.25, 0.3) is 5.91 Å². The Morgan fingerprint density at radius 1 is 1.20 bits per heavy atom. The van der Waals surface area contributed by atoms with Crippen LogP contribution < -0.4 is 10.5 Å². The van der Waals surface area contributed by atoms with Crippen molar-refractivity contribution in [3.63, 3.8) is 0 Å². The van der Waals surface area contributed by atoms with Gasteiger partial charge in [0, 0.05) is 31.9 Å². The zero-order valence-corrected chi connectivity index (χ0v) is 13.6. The molecule has 2 N–H and O–H groups in total. The molecule has 0 aliphatic carbocycles. The van der Waals surface area contributed by atoms with Crippen molar-refractivity contribution in [2.75, 3.05) is 13.1 Å². The largest absolute Gasteiger partial charge is 0.490 e. The molecule has 0 radical (unpaired) electrons. The highest BCUT2D eigenvalue weighted by molar-refractivity contribution is 5.91. The molecule has 1 aliphatic heterocycles. The highest BCUT2D eigenvalue weighted by Crippen LogP contribution is 2.21. The van der Waals surface area contributed by atoms with Gasteiger partial charge < -0.3 is 10.5 Å². The van der Waals surface area contributed by atoms with Gasteiger partial charge in [-0.15, -0.1) is 0 Å². The van der Waals surface area contributed by atoms with Crippen molar-refractivity contribution in [1.82, 2.24) is 9.88 Å². The minimum Gasteiger partial charge on any atom is -0.490 e. The summed E-state index contributed by atoms with van der Waals surface area (Å²) < 4.78 is 32.1. The molecule has 0 saturated carbocycles. The monoisotopic (exact) mass is 347 g/mol. The molecule has 0 atom stereocenters. The third-order valence-electron chi connectivity index (χ3n) is 4.21. The zero-order chi connectivity index (χ0) is 17.8. The first-order chi connectivity index (χ1) is 12.0. The van der Waals surface area contributed by atoms with Gasteiger partial charge in [0.05, 0.1) is 0 Å². The topological polar surface area (TPSA) is 68.5 Å². The van der Waals surface area contributed by atoms with Crippen molar-refractivity contribution >= 4 is 5.91 Å². The number of aromatic nitrogens is 1. The van der Waals surface area contributed by atoms with Crippen LogP contribution in [0.5, 0.6) is 5.75 Å². The number of hydrogen-bond donors (Lipinski definition) is 1. The first kappa shape index (κ1) is 17.3. The molecule has 1 fully saturated rings. The predicted octanol–water partition coefficient (Wildman–Crippen LogP) is 2.50. The zero-order valence-electron chi connectivity index (χ0n) is 13.6. The number of amides is 1. The normalized spacial score (nSPS) is 15.9. The van der Waals surface area contributed by atoms with E-state index in [4.69, 9.17) is 10.5 Å². The molecule has 0 bridgehead atoms. The van der Waals surface area contributed by atoms with Crippen LogP contribution in [0.4, 0.5) is 8.78 Å². The van der Waals surface area contributed by atoms with Crippen LogP contribution in [0.25, 0.3) is 0 Å². The average molecular weight is 347 g/mol. The van der Waals surface area contributed by atoms with E-state index in [0.29, 0.717) is 12.3 Å². The Labute approximate surface area is 144 Å². The maximum Gasteiger partial charge on any atom is 0.267 e. The summed E-state index contributed by atoms with van der Waals surface area (Å²) >= 11 is 0. The Hall–Kier alpha value is -2.54. The number of primary amides is 1. The second-order valence-corrected chi connectivity index (χ2v) is 6.08. The number of ether oxygens (including phenoxy) is 1. The lowest BCUT2D eigenvalue weighted by molar-refractivity contribution is 0.0953. The second-order valence-electron chi connectivity index (χ2n) is 6.08. The predicted molar refractivity (Wildman–Crippen MR) is 88.0 cm³/mol. The van der Waals surface area contributed by atoms with E-state index in [0.717, 1.165) is 37.6 Å². The summed E-state index contributed by atoms with van der Waals surface area (Å²) in [6.45, 7) is 2.15. The summed E-state index contributed by atoms with van der Waals surface area (Å²) in [6, 6.07) is 7.22. The van der Waals surface area contributed by atoms with Crippen LogP contribution in [0.2, 0.25) is 0 Å². The van der Waals surface area contributed by atoms with E-state index in [1.54, 1.807) is 12.1 Å². The number of hydrogen-bond acceptors (Lipinski definition) is 4. The summed E-state index contributed by atoms with van der Waals surface area (Å²) in [7, 11) is 0. The number of nitrogens with two attached hydrogens (primary N) is 1. The first-order valence-electron chi connectivity index (χ1n) is 8.10. The number of halogens is 2. The van der Waals surface area contributed by atoms with E-state index in [9.17, 15) is 13.6 Å². The molecule has 1 amide bonds. The summed E-state index contributed by atoms with van der Waals surface area (Å²) in [5.74, 6) is -1.67. The quantitative estimate of drug-likeness (QED) is 0.902. The SMILES string of the molecule is NC(=O)c1cc(OC2CCN(Cc3ccc(F)c(F)c3)CC2)ccn1. The van der Waals surface area contributed by atoms with E-state index in [1.807, 2.05) is 0 Å². The number of piperidine rings is 1. The highest BCUT2D eigenvalue weighted by Gasteiger charge is 2.21. The van der Waals surface area contributed by atoms with Crippen molar-refractivity contribution in [1.29, 1.82) is 0 Å². The molecule has 7 heteroatoms. The molecule has 5 nitrogen and oxygen atoms in total. The first-order valence-corrected chi connectivity index (χ1v) is 8.10. The van der Waals surface area contributed by atoms with Crippen molar-refractivity contribution in [3.8, 4) is 5.75 Å². The lowest BCUT2D eigenvalue weighted by Gasteiger charge is -2.32. The Morgan fingerprint density at radius 3 is 2.64 bits per heavy atom. The van der Waals surface area contributed by atoms with Crippen LogP contribution in [0.3, 0.4) is 0 Å². The van der Waals surface area contributed by atoms with Crippen molar-refractivity contribution in [2.24, 2.45) is 5.73 Å². The fourth-order valence-corrected chi connectivity index (χ4v) is 2.89. The molecule has 2 aromatic rings. The van der Waals surface area contributed by atoms with Gasteiger partial charge in [0.1, 0.15) is 17.5 Å². The van der Waals surface area contributed by atoms with Crippen LogP contribution in [-0.4, -0.2) is 35.0 Å². The Morgan fingerprint density at radius 2 is 1.96 bits per heavy atom. The molecule has 25 heavy (non-hydrogen) atoms. The van der Waals surface area contributed by atoms with Crippen LogP contribution in [0.15, 0.2) is 36.5 Å². The average Bonchev–Trinajstić information content (AvgIpc) is 2.60. The molecular weight excluding hydrogens is 328 g/mol. The summed E-state index contributed by atoms with van der Waals surface area (Å²) in [5.41, 5.74) is 6.14. The number of rotatable bonds is 5. The number of carbonyl (C=O) groups is 1. The molecule has 1 aliphatic rings. The maximum atomic E-state index is 13.3.